The van der Waals surface area contributed by atoms with E-state index in [0.29, 0.717) is 34.8 Å². The minimum atomic E-state index is -0.147. The molecule has 0 heterocycles. The van der Waals surface area contributed by atoms with E-state index in [1.807, 2.05) is 0 Å². The summed E-state index contributed by atoms with van der Waals surface area (Å²) in [6.07, 6.45) is 1.04. The van der Waals surface area contributed by atoms with Gasteiger partial charge in [0.05, 0.1) is 16.6 Å². The van der Waals surface area contributed by atoms with Gasteiger partial charge in [-0.05, 0) is 40.4 Å². The van der Waals surface area contributed by atoms with Crippen molar-refractivity contribution in [3.05, 3.63) is 28.2 Å². The summed E-state index contributed by atoms with van der Waals surface area (Å²) in [5.74, 6) is 0.490. The molecule has 0 bridgehead atoms. The molecule has 4 nitrogen and oxygen atoms in total. The minimum Gasteiger partial charge on any atom is -0.398 e. The van der Waals surface area contributed by atoms with Gasteiger partial charge >= 0.3 is 0 Å². The van der Waals surface area contributed by atoms with E-state index in [4.69, 9.17) is 10.5 Å². The lowest BCUT2D eigenvalue weighted by Gasteiger charge is -2.09. The molecule has 19 heavy (non-hydrogen) atoms. The van der Waals surface area contributed by atoms with Gasteiger partial charge in [-0.25, -0.2) is 0 Å². The van der Waals surface area contributed by atoms with Crippen LogP contribution in [0.2, 0.25) is 0 Å². The van der Waals surface area contributed by atoms with Gasteiger partial charge in [-0.3, -0.25) is 4.79 Å². The second-order valence-electron chi connectivity index (χ2n) is 4.76. The van der Waals surface area contributed by atoms with Crippen molar-refractivity contribution < 1.29 is 9.53 Å². The number of halogens is 1. The zero-order valence-corrected chi connectivity index (χ0v) is 13.0. The lowest BCUT2D eigenvalue weighted by Crippen LogP contribution is -2.27. The topological polar surface area (TPSA) is 64.3 Å². The molecule has 0 saturated carbocycles. The van der Waals surface area contributed by atoms with Crippen LogP contribution in [0.15, 0.2) is 22.7 Å². The molecule has 1 aromatic rings. The molecule has 0 unspecified atom stereocenters. The van der Waals surface area contributed by atoms with Gasteiger partial charge < -0.3 is 15.8 Å². The zero-order chi connectivity index (χ0) is 14.3. The lowest BCUT2D eigenvalue weighted by atomic mass is 10.1. The quantitative estimate of drug-likeness (QED) is 0.597. The largest absolute Gasteiger partial charge is 0.398 e. The first-order chi connectivity index (χ1) is 9.02. The highest BCUT2D eigenvalue weighted by molar-refractivity contribution is 9.10. The van der Waals surface area contributed by atoms with Crippen LogP contribution in [-0.4, -0.2) is 25.7 Å². The van der Waals surface area contributed by atoms with E-state index in [2.05, 4.69) is 35.1 Å². The molecule has 106 valence electrons. The number of amides is 1. The Balaban J connectivity index is 2.30. The van der Waals surface area contributed by atoms with Gasteiger partial charge in [0, 0.05) is 18.8 Å². The molecule has 0 fully saturated rings. The number of carbonyl (C=O) groups is 1. The second kappa shape index (κ2) is 8.17. The van der Waals surface area contributed by atoms with Crippen molar-refractivity contribution in [3.63, 3.8) is 0 Å². The summed E-state index contributed by atoms with van der Waals surface area (Å²) in [5, 5.41) is 2.81. The summed E-state index contributed by atoms with van der Waals surface area (Å²) in [7, 11) is 0. The SMILES string of the molecule is CC(C)CCOCCNC(=O)c1cccc(N)c1Br. The third-order valence-corrected chi connectivity index (χ3v) is 3.53. The van der Waals surface area contributed by atoms with Crippen LogP contribution in [0.1, 0.15) is 30.6 Å². The molecule has 0 spiro atoms. The number of nitrogens with two attached hydrogens (primary N) is 1. The molecule has 0 saturated heterocycles. The predicted molar refractivity (Wildman–Crippen MR) is 81.2 cm³/mol. The monoisotopic (exact) mass is 328 g/mol. The fraction of sp³-hybridized carbons (Fsp3) is 0.500. The minimum absolute atomic E-state index is 0.147. The van der Waals surface area contributed by atoms with Crippen LogP contribution in [0.3, 0.4) is 0 Å². The first-order valence-electron chi connectivity index (χ1n) is 6.42. The Labute approximate surface area is 122 Å². The number of carbonyl (C=O) groups excluding carboxylic acids is 1. The highest BCUT2D eigenvalue weighted by atomic mass is 79.9. The molecular weight excluding hydrogens is 308 g/mol. The van der Waals surface area contributed by atoms with E-state index in [1.165, 1.54) is 0 Å². The second-order valence-corrected chi connectivity index (χ2v) is 5.55. The van der Waals surface area contributed by atoms with Gasteiger partial charge in [-0.1, -0.05) is 19.9 Å². The van der Waals surface area contributed by atoms with Crippen LogP contribution < -0.4 is 11.1 Å². The Morgan fingerprint density at radius 1 is 1.42 bits per heavy atom. The van der Waals surface area contributed by atoms with Crippen LogP contribution >= 0.6 is 15.9 Å². The molecule has 1 aromatic carbocycles. The summed E-state index contributed by atoms with van der Waals surface area (Å²) in [6, 6.07) is 5.24. The van der Waals surface area contributed by atoms with Crippen molar-refractivity contribution in [2.45, 2.75) is 20.3 Å². The van der Waals surface area contributed by atoms with E-state index in [0.717, 1.165) is 13.0 Å². The Kier molecular flexibility index (Phi) is 6.87. The van der Waals surface area contributed by atoms with E-state index < -0.39 is 0 Å². The van der Waals surface area contributed by atoms with Gasteiger partial charge in [0.25, 0.3) is 5.91 Å². The molecule has 5 heteroatoms. The fourth-order valence-corrected chi connectivity index (χ4v) is 1.92. The van der Waals surface area contributed by atoms with Crippen molar-refractivity contribution in [2.24, 2.45) is 5.92 Å². The highest BCUT2D eigenvalue weighted by Gasteiger charge is 2.10. The molecular formula is C14H21BrN2O2. The van der Waals surface area contributed by atoms with E-state index in [-0.39, 0.29) is 5.91 Å². The average molecular weight is 329 g/mol. The van der Waals surface area contributed by atoms with Crippen molar-refractivity contribution in [2.75, 3.05) is 25.5 Å². The first-order valence-corrected chi connectivity index (χ1v) is 7.21. The maximum atomic E-state index is 11.9. The summed E-state index contributed by atoms with van der Waals surface area (Å²) in [6.45, 7) is 6.07. The molecule has 1 amide bonds. The normalized spacial score (nSPS) is 10.7. The Hall–Kier alpha value is -1.07. The molecule has 0 atom stereocenters. The number of nitrogens with one attached hydrogen (secondary N) is 1. The van der Waals surface area contributed by atoms with Crippen LogP contribution in [0.5, 0.6) is 0 Å². The number of benzene rings is 1. The lowest BCUT2D eigenvalue weighted by molar-refractivity contribution is 0.0905. The molecule has 0 aliphatic carbocycles. The van der Waals surface area contributed by atoms with Gasteiger partial charge in [-0.15, -0.1) is 0 Å². The van der Waals surface area contributed by atoms with E-state index >= 15 is 0 Å². The zero-order valence-electron chi connectivity index (χ0n) is 11.4. The Morgan fingerprint density at radius 2 is 2.16 bits per heavy atom. The van der Waals surface area contributed by atoms with Gasteiger partial charge in [-0.2, -0.15) is 0 Å². The Bertz CT molecular complexity index is 422. The molecule has 3 N–H and O–H groups in total. The molecule has 0 aromatic heterocycles. The summed E-state index contributed by atoms with van der Waals surface area (Å²) in [5.41, 5.74) is 6.83. The predicted octanol–water partition coefficient (Wildman–Crippen LogP) is 2.82. The maximum absolute atomic E-state index is 11.9. The van der Waals surface area contributed by atoms with Crippen molar-refractivity contribution >= 4 is 27.5 Å². The van der Waals surface area contributed by atoms with E-state index in [1.54, 1.807) is 18.2 Å². The van der Waals surface area contributed by atoms with E-state index in [9.17, 15) is 4.79 Å². The van der Waals surface area contributed by atoms with Crippen molar-refractivity contribution in [3.8, 4) is 0 Å². The van der Waals surface area contributed by atoms with Crippen LogP contribution in [0.4, 0.5) is 5.69 Å². The van der Waals surface area contributed by atoms with Gasteiger partial charge in [0.1, 0.15) is 0 Å². The number of hydrogen-bond donors (Lipinski definition) is 2. The third kappa shape index (κ3) is 5.61. The summed E-state index contributed by atoms with van der Waals surface area (Å²) < 4.78 is 6.07. The summed E-state index contributed by atoms with van der Waals surface area (Å²) in [4.78, 5) is 11.9. The number of anilines is 1. The Morgan fingerprint density at radius 3 is 2.84 bits per heavy atom. The smallest absolute Gasteiger partial charge is 0.252 e. The number of ether oxygens (including phenoxy) is 1. The molecule has 1 rings (SSSR count). The van der Waals surface area contributed by atoms with Gasteiger partial charge in [0.15, 0.2) is 0 Å². The number of nitrogen functional groups attached to an aromatic ring is 1. The fourth-order valence-electron chi connectivity index (χ4n) is 1.48. The van der Waals surface area contributed by atoms with Crippen LogP contribution in [0.25, 0.3) is 0 Å². The summed E-state index contributed by atoms with van der Waals surface area (Å²) >= 11 is 3.31. The van der Waals surface area contributed by atoms with Crippen molar-refractivity contribution in [1.82, 2.24) is 5.32 Å². The van der Waals surface area contributed by atoms with Crippen molar-refractivity contribution in [1.29, 1.82) is 0 Å². The molecule has 0 aliphatic heterocycles. The average Bonchev–Trinajstić information content (AvgIpc) is 2.36. The standard InChI is InChI=1S/C14H21BrN2O2/c1-10(2)6-8-19-9-7-17-14(18)11-4-3-5-12(16)13(11)15/h3-5,10H,6-9,16H2,1-2H3,(H,17,18). The first kappa shape index (κ1) is 16.0. The third-order valence-electron chi connectivity index (χ3n) is 2.64. The number of rotatable bonds is 7. The number of hydrogen-bond acceptors (Lipinski definition) is 3. The highest BCUT2D eigenvalue weighted by Crippen LogP contribution is 2.23. The molecule has 0 radical (unpaired) electrons. The molecule has 0 aliphatic rings. The maximum Gasteiger partial charge on any atom is 0.252 e. The van der Waals surface area contributed by atoms with Crippen LogP contribution in [-0.2, 0) is 4.74 Å². The van der Waals surface area contributed by atoms with Gasteiger partial charge in [0.2, 0.25) is 0 Å². The van der Waals surface area contributed by atoms with Crippen LogP contribution in [0, 0.1) is 5.92 Å².